The van der Waals surface area contributed by atoms with Gasteiger partial charge in [-0.2, -0.15) is 0 Å². The van der Waals surface area contributed by atoms with E-state index in [1.54, 1.807) is 11.9 Å². The fraction of sp³-hybridized carbons (Fsp3) is 0.800. The monoisotopic (exact) mass is 230 g/mol. The highest BCUT2D eigenvalue weighted by Crippen LogP contribution is 2.12. The van der Waals surface area contributed by atoms with Gasteiger partial charge in [-0.25, -0.2) is 4.79 Å². The Morgan fingerprint density at radius 3 is 2.62 bits per heavy atom. The minimum atomic E-state index is -0.908. The van der Waals surface area contributed by atoms with Gasteiger partial charge in [0.25, 0.3) is 0 Å². The molecule has 0 aromatic rings. The molecule has 0 unspecified atom stereocenters. The highest BCUT2D eigenvalue weighted by Gasteiger charge is 2.21. The van der Waals surface area contributed by atoms with E-state index >= 15 is 0 Å². The van der Waals surface area contributed by atoms with Crippen molar-refractivity contribution < 1.29 is 19.4 Å². The van der Waals surface area contributed by atoms with Gasteiger partial charge in [-0.05, 0) is 12.8 Å². The number of amides is 2. The van der Waals surface area contributed by atoms with Gasteiger partial charge >= 0.3 is 12.0 Å². The average Bonchev–Trinajstić information content (AvgIpc) is 2.28. The van der Waals surface area contributed by atoms with E-state index in [4.69, 9.17) is 9.84 Å². The molecule has 0 bridgehead atoms. The summed E-state index contributed by atoms with van der Waals surface area (Å²) in [6, 6.07) is -0.0215. The zero-order chi connectivity index (χ0) is 12.0. The summed E-state index contributed by atoms with van der Waals surface area (Å²) in [6.45, 7) is 1.52. The molecule has 0 aromatic carbocycles. The molecule has 0 aromatic heterocycles. The number of aliphatic carboxylic acids is 1. The van der Waals surface area contributed by atoms with Crippen LogP contribution in [0.4, 0.5) is 4.79 Å². The number of carbonyl (C=O) groups excluding carboxylic acids is 1. The maximum absolute atomic E-state index is 11.6. The van der Waals surface area contributed by atoms with Crippen LogP contribution in [0.15, 0.2) is 0 Å². The summed E-state index contributed by atoms with van der Waals surface area (Å²) in [5, 5.41) is 11.0. The van der Waals surface area contributed by atoms with Gasteiger partial charge in [0, 0.05) is 32.8 Å². The SMILES string of the molecule is CN(C(=O)NCCC(=O)O)C1CCOCC1. The minimum absolute atomic E-state index is 0.0483. The van der Waals surface area contributed by atoms with E-state index in [1.165, 1.54) is 0 Å². The molecule has 92 valence electrons. The molecule has 6 nitrogen and oxygen atoms in total. The van der Waals surface area contributed by atoms with Gasteiger partial charge < -0.3 is 20.1 Å². The molecule has 1 saturated heterocycles. The van der Waals surface area contributed by atoms with Gasteiger partial charge in [-0.3, -0.25) is 4.79 Å². The molecule has 6 heteroatoms. The predicted molar refractivity (Wildman–Crippen MR) is 57.3 cm³/mol. The second-order valence-electron chi connectivity index (χ2n) is 3.83. The molecule has 1 aliphatic heterocycles. The number of hydrogen-bond acceptors (Lipinski definition) is 3. The van der Waals surface area contributed by atoms with E-state index in [0.29, 0.717) is 13.2 Å². The first-order valence-corrected chi connectivity index (χ1v) is 5.41. The largest absolute Gasteiger partial charge is 0.481 e. The van der Waals surface area contributed by atoms with Crippen LogP contribution in [0, 0.1) is 0 Å². The quantitative estimate of drug-likeness (QED) is 0.727. The predicted octanol–water partition coefficient (Wildman–Crippen LogP) is 0.281. The first-order chi connectivity index (χ1) is 7.61. The molecule has 2 amide bonds. The Labute approximate surface area is 94.6 Å². The smallest absolute Gasteiger partial charge is 0.317 e. The van der Waals surface area contributed by atoms with Crippen LogP contribution in [0.3, 0.4) is 0 Å². The summed E-state index contributed by atoms with van der Waals surface area (Å²) in [4.78, 5) is 23.5. The summed E-state index contributed by atoms with van der Waals surface area (Å²) in [6.07, 6.45) is 1.62. The van der Waals surface area contributed by atoms with Gasteiger partial charge in [-0.15, -0.1) is 0 Å². The first-order valence-electron chi connectivity index (χ1n) is 5.41. The van der Waals surface area contributed by atoms with Crippen LogP contribution in [0.5, 0.6) is 0 Å². The second-order valence-corrected chi connectivity index (χ2v) is 3.83. The summed E-state index contributed by atoms with van der Waals surface area (Å²) < 4.78 is 5.21. The highest BCUT2D eigenvalue weighted by molar-refractivity contribution is 5.75. The lowest BCUT2D eigenvalue weighted by molar-refractivity contribution is -0.136. The Morgan fingerprint density at radius 2 is 2.06 bits per heavy atom. The van der Waals surface area contributed by atoms with E-state index in [-0.39, 0.29) is 25.0 Å². The molecule has 0 radical (unpaired) electrons. The van der Waals surface area contributed by atoms with E-state index < -0.39 is 5.97 Å². The average molecular weight is 230 g/mol. The van der Waals surface area contributed by atoms with Crippen LogP contribution < -0.4 is 5.32 Å². The van der Waals surface area contributed by atoms with Gasteiger partial charge in [0.15, 0.2) is 0 Å². The van der Waals surface area contributed by atoms with Crippen molar-refractivity contribution in [3.63, 3.8) is 0 Å². The number of carboxylic acid groups (broad SMARTS) is 1. The molecule has 16 heavy (non-hydrogen) atoms. The number of nitrogens with zero attached hydrogens (tertiary/aromatic N) is 1. The normalized spacial score (nSPS) is 16.8. The van der Waals surface area contributed by atoms with Gasteiger partial charge in [-0.1, -0.05) is 0 Å². The van der Waals surface area contributed by atoms with E-state index in [1.807, 2.05) is 0 Å². The number of nitrogens with one attached hydrogen (secondary N) is 1. The lowest BCUT2D eigenvalue weighted by Gasteiger charge is -2.31. The van der Waals surface area contributed by atoms with Gasteiger partial charge in [0.1, 0.15) is 0 Å². The third-order valence-corrected chi connectivity index (χ3v) is 2.67. The van der Waals surface area contributed by atoms with Crippen LogP contribution in [-0.4, -0.2) is 54.9 Å². The highest BCUT2D eigenvalue weighted by atomic mass is 16.5. The Kier molecular flexibility index (Phi) is 5.04. The zero-order valence-corrected chi connectivity index (χ0v) is 9.44. The molecule has 0 saturated carbocycles. The van der Waals surface area contributed by atoms with Crippen LogP contribution in [0.1, 0.15) is 19.3 Å². The molecular weight excluding hydrogens is 212 g/mol. The van der Waals surface area contributed by atoms with Crippen molar-refractivity contribution >= 4 is 12.0 Å². The number of carbonyl (C=O) groups is 2. The fourth-order valence-electron chi connectivity index (χ4n) is 1.64. The summed E-state index contributed by atoms with van der Waals surface area (Å²) in [5.41, 5.74) is 0. The number of ether oxygens (including phenoxy) is 1. The van der Waals surface area contributed by atoms with Crippen molar-refractivity contribution in [3.05, 3.63) is 0 Å². The third kappa shape index (κ3) is 4.06. The van der Waals surface area contributed by atoms with Crippen molar-refractivity contribution in [1.29, 1.82) is 0 Å². The standard InChI is InChI=1S/C10H18N2O4/c1-12(8-3-6-16-7-4-8)10(15)11-5-2-9(13)14/h8H,2-7H2,1H3,(H,11,15)(H,13,14). The second kappa shape index (κ2) is 6.32. The number of carboxylic acids is 1. The summed E-state index contributed by atoms with van der Waals surface area (Å²) in [7, 11) is 1.73. The molecule has 1 rings (SSSR count). The Bertz CT molecular complexity index is 251. The molecule has 0 aliphatic carbocycles. The molecule has 0 atom stereocenters. The number of rotatable bonds is 4. The summed E-state index contributed by atoms with van der Waals surface area (Å²) >= 11 is 0. The maximum Gasteiger partial charge on any atom is 0.317 e. The molecule has 1 heterocycles. The number of urea groups is 1. The third-order valence-electron chi connectivity index (χ3n) is 2.67. The molecule has 1 fully saturated rings. The van der Waals surface area contributed by atoms with Gasteiger partial charge in [0.2, 0.25) is 0 Å². The maximum atomic E-state index is 11.6. The van der Waals surface area contributed by atoms with Crippen molar-refractivity contribution in [2.75, 3.05) is 26.8 Å². The molecule has 0 spiro atoms. The van der Waals surface area contributed by atoms with Crippen molar-refractivity contribution in [3.8, 4) is 0 Å². The molecular formula is C10H18N2O4. The zero-order valence-electron chi connectivity index (χ0n) is 9.44. The van der Waals surface area contributed by atoms with E-state index in [9.17, 15) is 9.59 Å². The Morgan fingerprint density at radius 1 is 1.44 bits per heavy atom. The van der Waals surface area contributed by atoms with E-state index in [2.05, 4.69) is 5.32 Å². The lowest BCUT2D eigenvalue weighted by Crippen LogP contribution is -2.46. The van der Waals surface area contributed by atoms with E-state index in [0.717, 1.165) is 12.8 Å². The minimum Gasteiger partial charge on any atom is -0.481 e. The fourth-order valence-corrected chi connectivity index (χ4v) is 1.64. The molecule has 2 N–H and O–H groups in total. The Hall–Kier alpha value is -1.30. The molecule has 1 aliphatic rings. The van der Waals surface area contributed by atoms with Crippen molar-refractivity contribution in [2.45, 2.75) is 25.3 Å². The summed E-state index contributed by atoms with van der Waals surface area (Å²) in [5.74, 6) is -0.908. The first kappa shape index (κ1) is 12.8. The van der Waals surface area contributed by atoms with Crippen molar-refractivity contribution in [2.24, 2.45) is 0 Å². The van der Waals surface area contributed by atoms with Crippen LogP contribution in [-0.2, 0) is 9.53 Å². The van der Waals surface area contributed by atoms with Crippen LogP contribution >= 0.6 is 0 Å². The van der Waals surface area contributed by atoms with Gasteiger partial charge in [0.05, 0.1) is 6.42 Å². The Balaban J connectivity index is 2.26. The van der Waals surface area contributed by atoms with Crippen LogP contribution in [0.25, 0.3) is 0 Å². The lowest BCUT2D eigenvalue weighted by atomic mass is 10.1. The van der Waals surface area contributed by atoms with Crippen LogP contribution in [0.2, 0.25) is 0 Å². The topological polar surface area (TPSA) is 78.9 Å². The van der Waals surface area contributed by atoms with Crippen molar-refractivity contribution in [1.82, 2.24) is 10.2 Å². The number of hydrogen-bond donors (Lipinski definition) is 2.